The third-order valence-corrected chi connectivity index (χ3v) is 4.27. The minimum Gasteiger partial charge on any atom is -0.374 e. The van der Waals surface area contributed by atoms with E-state index < -0.39 is 0 Å². The molecule has 3 atom stereocenters. The largest absolute Gasteiger partial charge is 0.374 e. The van der Waals surface area contributed by atoms with E-state index in [0.29, 0.717) is 12.6 Å². The van der Waals surface area contributed by atoms with Crippen LogP contribution in [0.4, 0.5) is 0 Å². The van der Waals surface area contributed by atoms with Crippen LogP contribution in [0.3, 0.4) is 0 Å². The number of fused-ring (bicyclic) bond motifs is 2. The molecule has 1 aliphatic heterocycles. The Labute approximate surface area is 114 Å². The SMILES string of the molecule is CCN1CCO[C@H]2CC[C@H]1[C@H]2OCc1ccncc1. The van der Waals surface area contributed by atoms with E-state index in [0.717, 1.165) is 26.1 Å². The molecule has 2 bridgehead atoms. The van der Waals surface area contributed by atoms with E-state index in [-0.39, 0.29) is 12.2 Å². The Morgan fingerprint density at radius 2 is 2.21 bits per heavy atom. The van der Waals surface area contributed by atoms with Gasteiger partial charge >= 0.3 is 0 Å². The molecular formula is C15H22N2O2. The summed E-state index contributed by atoms with van der Waals surface area (Å²) < 4.78 is 12.1. The van der Waals surface area contributed by atoms with Crippen molar-refractivity contribution in [1.82, 2.24) is 9.88 Å². The molecule has 0 aromatic carbocycles. The van der Waals surface area contributed by atoms with Crippen LogP contribution in [0.25, 0.3) is 0 Å². The molecule has 3 rings (SSSR count). The maximum Gasteiger partial charge on any atom is 0.0995 e. The number of likely N-dealkylation sites (N-methyl/N-ethyl adjacent to an activating group) is 1. The van der Waals surface area contributed by atoms with Crippen molar-refractivity contribution in [1.29, 1.82) is 0 Å². The van der Waals surface area contributed by atoms with Crippen molar-refractivity contribution in [2.24, 2.45) is 0 Å². The minimum absolute atomic E-state index is 0.218. The van der Waals surface area contributed by atoms with Gasteiger partial charge < -0.3 is 9.47 Å². The Morgan fingerprint density at radius 1 is 1.37 bits per heavy atom. The summed E-state index contributed by atoms with van der Waals surface area (Å²) in [6.45, 7) is 5.83. The van der Waals surface area contributed by atoms with Gasteiger partial charge in [-0.3, -0.25) is 9.88 Å². The summed E-state index contributed by atoms with van der Waals surface area (Å²) in [5.41, 5.74) is 1.18. The lowest BCUT2D eigenvalue weighted by Gasteiger charge is -2.30. The summed E-state index contributed by atoms with van der Waals surface area (Å²) in [5.74, 6) is 0. The third kappa shape index (κ3) is 2.81. The van der Waals surface area contributed by atoms with E-state index in [1.54, 1.807) is 0 Å². The van der Waals surface area contributed by atoms with Crippen LogP contribution in [0, 0.1) is 0 Å². The van der Waals surface area contributed by atoms with Crippen molar-refractivity contribution in [2.75, 3.05) is 19.7 Å². The lowest BCUT2D eigenvalue weighted by Crippen LogP contribution is -2.43. The minimum atomic E-state index is 0.218. The summed E-state index contributed by atoms with van der Waals surface area (Å²) in [4.78, 5) is 6.54. The lowest BCUT2D eigenvalue weighted by molar-refractivity contribution is -0.0608. The van der Waals surface area contributed by atoms with Crippen molar-refractivity contribution in [3.63, 3.8) is 0 Å². The smallest absolute Gasteiger partial charge is 0.0995 e. The molecule has 1 saturated heterocycles. The van der Waals surface area contributed by atoms with Crippen molar-refractivity contribution < 1.29 is 9.47 Å². The quantitative estimate of drug-likeness (QED) is 0.829. The second kappa shape index (κ2) is 5.99. The molecule has 1 aromatic rings. The average molecular weight is 262 g/mol. The van der Waals surface area contributed by atoms with Crippen LogP contribution in [0.5, 0.6) is 0 Å². The van der Waals surface area contributed by atoms with E-state index in [1.807, 2.05) is 24.5 Å². The highest BCUT2D eigenvalue weighted by Gasteiger charge is 2.42. The number of aromatic nitrogens is 1. The normalized spacial score (nSPS) is 31.3. The van der Waals surface area contributed by atoms with Gasteiger partial charge in [-0.2, -0.15) is 0 Å². The molecule has 0 radical (unpaired) electrons. The predicted molar refractivity (Wildman–Crippen MR) is 72.8 cm³/mol. The van der Waals surface area contributed by atoms with Crippen LogP contribution in [-0.4, -0.2) is 47.8 Å². The summed E-state index contributed by atoms with van der Waals surface area (Å²) in [7, 11) is 0. The van der Waals surface area contributed by atoms with Crippen LogP contribution < -0.4 is 0 Å². The Morgan fingerprint density at radius 3 is 3.00 bits per heavy atom. The zero-order chi connectivity index (χ0) is 13.1. The van der Waals surface area contributed by atoms with Crippen molar-refractivity contribution in [3.8, 4) is 0 Å². The van der Waals surface area contributed by atoms with Gasteiger partial charge in [0.2, 0.25) is 0 Å². The number of nitrogens with zero attached hydrogens (tertiary/aromatic N) is 2. The van der Waals surface area contributed by atoms with Gasteiger partial charge in [-0.1, -0.05) is 6.92 Å². The Kier molecular flexibility index (Phi) is 4.11. The maximum absolute atomic E-state index is 6.17. The van der Waals surface area contributed by atoms with Crippen LogP contribution in [-0.2, 0) is 16.1 Å². The molecule has 0 unspecified atom stereocenters. The molecule has 1 aliphatic carbocycles. The van der Waals surface area contributed by atoms with E-state index in [1.165, 1.54) is 12.0 Å². The van der Waals surface area contributed by atoms with E-state index >= 15 is 0 Å². The standard InChI is InChI=1S/C15H22N2O2/c1-2-17-9-10-18-14-4-3-13(17)15(14)19-11-12-5-7-16-8-6-12/h5-8,13-15H,2-4,9-11H2,1H3/t13-,14-,15+/m0/s1. The predicted octanol–water partition coefficient (Wildman–Crippen LogP) is 1.85. The summed E-state index contributed by atoms with van der Waals surface area (Å²) in [5, 5.41) is 0. The number of hydrogen-bond acceptors (Lipinski definition) is 4. The molecule has 2 aliphatic rings. The number of pyridine rings is 1. The molecule has 0 spiro atoms. The Balaban J connectivity index is 1.66. The number of hydrogen-bond donors (Lipinski definition) is 0. The second-order valence-electron chi connectivity index (χ2n) is 5.31. The van der Waals surface area contributed by atoms with Gasteiger partial charge in [-0.25, -0.2) is 0 Å². The fourth-order valence-corrected chi connectivity index (χ4v) is 3.25. The van der Waals surface area contributed by atoms with Gasteiger partial charge in [0.1, 0.15) is 0 Å². The van der Waals surface area contributed by atoms with Crippen molar-refractivity contribution in [2.45, 2.75) is 44.6 Å². The first-order valence-corrected chi connectivity index (χ1v) is 7.24. The van der Waals surface area contributed by atoms with Gasteiger partial charge in [0.15, 0.2) is 0 Å². The lowest BCUT2D eigenvalue weighted by atomic mass is 10.1. The molecule has 0 N–H and O–H groups in total. The maximum atomic E-state index is 6.17. The highest BCUT2D eigenvalue weighted by molar-refractivity contribution is 5.08. The molecule has 4 nitrogen and oxygen atoms in total. The van der Waals surface area contributed by atoms with E-state index in [4.69, 9.17) is 9.47 Å². The van der Waals surface area contributed by atoms with Crippen LogP contribution in [0.1, 0.15) is 25.3 Å². The monoisotopic (exact) mass is 262 g/mol. The molecule has 2 fully saturated rings. The first kappa shape index (κ1) is 13.0. The molecule has 1 aromatic heterocycles. The third-order valence-electron chi connectivity index (χ3n) is 4.27. The fraction of sp³-hybridized carbons (Fsp3) is 0.667. The summed E-state index contributed by atoms with van der Waals surface area (Å²) in [6.07, 6.45) is 6.45. The molecule has 0 amide bonds. The molecule has 2 heterocycles. The molecule has 19 heavy (non-hydrogen) atoms. The van der Waals surface area contributed by atoms with Crippen LogP contribution in [0.15, 0.2) is 24.5 Å². The van der Waals surface area contributed by atoms with Gasteiger partial charge in [0, 0.05) is 25.0 Å². The zero-order valence-corrected chi connectivity index (χ0v) is 11.5. The molecular weight excluding hydrogens is 240 g/mol. The second-order valence-corrected chi connectivity index (χ2v) is 5.31. The van der Waals surface area contributed by atoms with Crippen molar-refractivity contribution in [3.05, 3.63) is 30.1 Å². The van der Waals surface area contributed by atoms with Crippen molar-refractivity contribution >= 4 is 0 Å². The molecule has 1 saturated carbocycles. The number of ether oxygens (including phenoxy) is 2. The Bertz CT molecular complexity index is 398. The number of rotatable bonds is 4. The van der Waals surface area contributed by atoms with Gasteiger partial charge in [0.25, 0.3) is 0 Å². The van der Waals surface area contributed by atoms with Gasteiger partial charge in [0.05, 0.1) is 25.4 Å². The van der Waals surface area contributed by atoms with Crippen LogP contribution in [0.2, 0.25) is 0 Å². The highest BCUT2D eigenvalue weighted by Crippen LogP contribution is 2.32. The average Bonchev–Trinajstić information content (AvgIpc) is 2.74. The van der Waals surface area contributed by atoms with E-state index in [9.17, 15) is 0 Å². The molecule has 4 heteroatoms. The Hall–Kier alpha value is -0.970. The topological polar surface area (TPSA) is 34.6 Å². The fourth-order valence-electron chi connectivity index (χ4n) is 3.25. The zero-order valence-electron chi connectivity index (χ0n) is 11.5. The molecule has 104 valence electrons. The highest BCUT2D eigenvalue weighted by atomic mass is 16.5. The van der Waals surface area contributed by atoms with Gasteiger partial charge in [-0.15, -0.1) is 0 Å². The van der Waals surface area contributed by atoms with Crippen LogP contribution >= 0.6 is 0 Å². The summed E-state index contributed by atoms with van der Waals surface area (Å²) >= 11 is 0. The first-order valence-electron chi connectivity index (χ1n) is 7.24. The van der Waals surface area contributed by atoms with E-state index in [2.05, 4.69) is 16.8 Å². The summed E-state index contributed by atoms with van der Waals surface area (Å²) in [6, 6.07) is 4.55. The van der Waals surface area contributed by atoms with Gasteiger partial charge in [-0.05, 0) is 37.1 Å². The first-order chi connectivity index (χ1) is 9.38.